The van der Waals surface area contributed by atoms with Crippen LogP contribution >= 0.6 is 0 Å². The van der Waals surface area contributed by atoms with Gasteiger partial charge in [-0.25, -0.2) is 0 Å². The zero-order valence-corrected chi connectivity index (χ0v) is 13.9. The molecular formula is C20H19N3O. The molecule has 1 aliphatic carbocycles. The number of benzene rings is 1. The molecule has 3 aromatic rings. The largest absolute Gasteiger partial charge is 0.495 e. The van der Waals surface area contributed by atoms with Crippen LogP contribution < -0.4 is 4.74 Å². The lowest BCUT2D eigenvalue weighted by atomic mass is 10.1. The number of aromatic nitrogens is 2. The zero-order valence-electron chi connectivity index (χ0n) is 13.9. The van der Waals surface area contributed by atoms with E-state index in [0.717, 1.165) is 29.8 Å². The van der Waals surface area contributed by atoms with Crippen molar-refractivity contribution in [1.29, 1.82) is 5.26 Å². The maximum Gasteiger partial charge on any atom is 0.142 e. The number of fused-ring (bicyclic) bond motifs is 3. The van der Waals surface area contributed by atoms with Gasteiger partial charge in [-0.1, -0.05) is 6.92 Å². The van der Waals surface area contributed by atoms with Crippen LogP contribution in [0, 0.1) is 17.2 Å². The van der Waals surface area contributed by atoms with Crippen LogP contribution in [-0.2, 0) is 19.4 Å². The molecule has 0 aliphatic heterocycles. The average molecular weight is 317 g/mol. The van der Waals surface area contributed by atoms with E-state index in [1.807, 2.05) is 24.3 Å². The molecule has 4 heteroatoms. The number of hydrogen-bond acceptors (Lipinski definition) is 3. The molecule has 0 amide bonds. The van der Waals surface area contributed by atoms with E-state index in [1.54, 1.807) is 13.3 Å². The molecule has 2 heterocycles. The smallest absolute Gasteiger partial charge is 0.142 e. The minimum Gasteiger partial charge on any atom is -0.495 e. The molecule has 0 spiro atoms. The third kappa shape index (κ3) is 2.25. The first-order valence-corrected chi connectivity index (χ1v) is 8.23. The average Bonchev–Trinajstić information content (AvgIpc) is 3.12. The maximum absolute atomic E-state index is 9.22. The summed E-state index contributed by atoms with van der Waals surface area (Å²) in [7, 11) is 1.68. The molecule has 1 aromatic carbocycles. The van der Waals surface area contributed by atoms with Crippen LogP contribution in [0.3, 0.4) is 0 Å². The van der Waals surface area contributed by atoms with E-state index >= 15 is 0 Å². The van der Waals surface area contributed by atoms with Crippen molar-refractivity contribution in [2.24, 2.45) is 5.92 Å². The molecule has 0 saturated carbocycles. The lowest BCUT2D eigenvalue weighted by Gasteiger charge is -2.12. The van der Waals surface area contributed by atoms with Gasteiger partial charge in [0.15, 0.2) is 0 Å². The molecule has 0 saturated heterocycles. The standard InChI is InChI=1S/C20H19N3O/c1-13-8-15-16-10-14(11-21)5-6-18(16)23(19(15)9-13)12-17-20(24-2)4-3-7-22-17/h3-7,10,13H,8-9,12H2,1-2H3/t13-/m0/s1. The SMILES string of the molecule is COc1cccnc1Cn1c2c(c3cc(C#N)ccc31)C[C@H](C)C2. The van der Waals surface area contributed by atoms with Crippen molar-refractivity contribution in [1.82, 2.24) is 9.55 Å². The van der Waals surface area contributed by atoms with Gasteiger partial charge in [0.25, 0.3) is 0 Å². The van der Waals surface area contributed by atoms with Crippen LogP contribution in [0.2, 0.25) is 0 Å². The number of nitrogens with zero attached hydrogens (tertiary/aromatic N) is 3. The zero-order chi connectivity index (χ0) is 16.7. The van der Waals surface area contributed by atoms with Crippen molar-refractivity contribution in [2.75, 3.05) is 7.11 Å². The van der Waals surface area contributed by atoms with E-state index in [-0.39, 0.29) is 0 Å². The van der Waals surface area contributed by atoms with E-state index in [1.165, 1.54) is 22.2 Å². The normalized spacial score (nSPS) is 16.1. The van der Waals surface area contributed by atoms with Crippen molar-refractivity contribution in [3.8, 4) is 11.8 Å². The number of ether oxygens (including phenoxy) is 1. The van der Waals surface area contributed by atoms with Crippen molar-refractivity contribution in [2.45, 2.75) is 26.3 Å². The Morgan fingerprint density at radius 2 is 2.21 bits per heavy atom. The number of pyridine rings is 1. The molecule has 1 atom stereocenters. The Kier molecular flexibility index (Phi) is 3.50. The summed E-state index contributed by atoms with van der Waals surface area (Å²) < 4.78 is 7.81. The minimum absolute atomic E-state index is 0.641. The minimum atomic E-state index is 0.641. The van der Waals surface area contributed by atoms with Gasteiger partial charge < -0.3 is 9.30 Å². The quantitative estimate of drug-likeness (QED) is 0.740. The third-order valence-corrected chi connectivity index (χ3v) is 4.89. The predicted molar refractivity (Wildman–Crippen MR) is 93.1 cm³/mol. The first-order chi connectivity index (χ1) is 11.7. The molecule has 2 aromatic heterocycles. The van der Waals surface area contributed by atoms with Crippen LogP contribution in [0.15, 0.2) is 36.5 Å². The Hall–Kier alpha value is -2.80. The Morgan fingerprint density at radius 1 is 1.33 bits per heavy atom. The van der Waals surface area contributed by atoms with Crippen molar-refractivity contribution >= 4 is 10.9 Å². The highest BCUT2D eigenvalue weighted by Gasteiger charge is 2.26. The fraction of sp³-hybridized carbons (Fsp3) is 0.300. The lowest BCUT2D eigenvalue weighted by Crippen LogP contribution is -2.07. The van der Waals surface area contributed by atoms with Crippen LogP contribution in [0.25, 0.3) is 10.9 Å². The first-order valence-electron chi connectivity index (χ1n) is 8.23. The highest BCUT2D eigenvalue weighted by molar-refractivity contribution is 5.87. The van der Waals surface area contributed by atoms with E-state index in [4.69, 9.17) is 4.74 Å². The van der Waals surface area contributed by atoms with Crippen LogP contribution in [0.5, 0.6) is 5.75 Å². The second kappa shape index (κ2) is 5.68. The predicted octanol–water partition coefficient (Wildman–Crippen LogP) is 3.70. The topological polar surface area (TPSA) is 50.8 Å². The van der Waals surface area contributed by atoms with Gasteiger partial charge in [0.05, 0.1) is 25.3 Å². The molecular weight excluding hydrogens is 298 g/mol. The number of nitriles is 1. The number of hydrogen-bond donors (Lipinski definition) is 0. The van der Waals surface area contributed by atoms with E-state index < -0.39 is 0 Å². The van der Waals surface area contributed by atoms with Gasteiger partial charge in [-0.05, 0) is 54.7 Å². The van der Waals surface area contributed by atoms with E-state index in [2.05, 4.69) is 28.6 Å². The van der Waals surface area contributed by atoms with Gasteiger partial charge in [-0.15, -0.1) is 0 Å². The summed E-state index contributed by atoms with van der Waals surface area (Å²) in [6.07, 6.45) is 3.95. The van der Waals surface area contributed by atoms with Crippen LogP contribution in [-0.4, -0.2) is 16.7 Å². The fourth-order valence-electron chi connectivity index (χ4n) is 3.82. The molecule has 0 radical (unpaired) electrons. The van der Waals surface area contributed by atoms with Gasteiger partial charge in [0.1, 0.15) is 11.4 Å². The summed E-state index contributed by atoms with van der Waals surface area (Å²) in [6.45, 7) is 2.97. The molecule has 0 bridgehead atoms. The van der Waals surface area contributed by atoms with Gasteiger partial charge in [-0.3, -0.25) is 4.98 Å². The van der Waals surface area contributed by atoms with E-state index in [9.17, 15) is 5.26 Å². The third-order valence-electron chi connectivity index (χ3n) is 4.89. The highest BCUT2D eigenvalue weighted by atomic mass is 16.5. The highest BCUT2D eigenvalue weighted by Crippen LogP contribution is 2.37. The van der Waals surface area contributed by atoms with Gasteiger partial charge >= 0.3 is 0 Å². The van der Waals surface area contributed by atoms with Gasteiger partial charge in [0, 0.05) is 22.8 Å². The summed E-state index contributed by atoms with van der Waals surface area (Å²) in [5, 5.41) is 10.4. The van der Waals surface area contributed by atoms with Crippen LogP contribution in [0.4, 0.5) is 0 Å². The van der Waals surface area contributed by atoms with Gasteiger partial charge in [-0.2, -0.15) is 5.26 Å². The van der Waals surface area contributed by atoms with Gasteiger partial charge in [0.2, 0.25) is 0 Å². The fourth-order valence-corrected chi connectivity index (χ4v) is 3.82. The summed E-state index contributed by atoms with van der Waals surface area (Å²) >= 11 is 0. The molecule has 120 valence electrons. The monoisotopic (exact) mass is 317 g/mol. The second-order valence-electron chi connectivity index (χ2n) is 6.52. The van der Waals surface area contributed by atoms with E-state index in [0.29, 0.717) is 12.5 Å². The molecule has 0 unspecified atom stereocenters. The first kappa shape index (κ1) is 14.8. The maximum atomic E-state index is 9.22. The Labute approximate surface area is 141 Å². The molecule has 4 nitrogen and oxygen atoms in total. The summed E-state index contributed by atoms with van der Waals surface area (Å²) in [5.74, 6) is 1.45. The summed E-state index contributed by atoms with van der Waals surface area (Å²) in [5.41, 5.74) is 5.60. The molecule has 1 aliphatic rings. The van der Waals surface area contributed by atoms with Crippen molar-refractivity contribution in [3.05, 3.63) is 59.0 Å². The Balaban J connectivity index is 1.89. The second-order valence-corrected chi connectivity index (χ2v) is 6.52. The lowest BCUT2D eigenvalue weighted by molar-refractivity contribution is 0.405. The Bertz CT molecular complexity index is 965. The Morgan fingerprint density at radius 3 is 3.00 bits per heavy atom. The van der Waals surface area contributed by atoms with Crippen molar-refractivity contribution < 1.29 is 4.74 Å². The molecule has 0 N–H and O–H groups in total. The van der Waals surface area contributed by atoms with Crippen LogP contribution in [0.1, 0.15) is 29.4 Å². The van der Waals surface area contributed by atoms with Crippen molar-refractivity contribution in [3.63, 3.8) is 0 Å². The summed E-state index contributed by atoms with van der Waals surface area (Å²) in [6, 6.07) is 12.1. The molecule has 0 fully saturated rings. The number of rotatable bonds is 3. The number of methoxy groups -OCH3 is 1. The molecule has 24 heavy (non-hydrogen) atoms. The summed E-state index contributed by atoms with van der Waals surface area (Å²) in [4.78, 5) is 4.51. The molecule has 4 rings (SSSR count).